The first-order valence-electron chi connectivity index (χ1n) is 8.95. The molecule has 9 nitrogen and oxygen atoms in total. The number of fused-ring (bicyclic) bond motifs is 1. The van der Waals surface area contributed by atoms with Gasteiger partial charge in [0, 0.05) is 30.9 Å². The highest BCUT2D eigenvalue weighted by atomic mass is 35.5. The van der Waals surface area contributed by atoms with E-state index < -0.39 is 28.3 Å². The quantitative estimate of drug-likeness (QED) is 0.377. The maximum atomic E-state index is 11.5. The number of carboxylic acid groups (broad SMARTS) is 1. The minimum atomic E-state index is -1.27. The van der Waals surface area contributed by atoms with Gasteiger partial charge in [-0.3, -0.25) is 10.1 Å². The molecule has 10 heteroatoms. The van der Waals surface area contributed by atoms with Crippen molar-refractivity contribution in [2.24, 2.45) is 0 Å². The minimum absolute atomic E-state index is 0.0371. The number of carboxylic acids is 1. The van der Waals surface area contributed by atoms with Crippen LogP contribution in [0.2, 0.25) is 5.02 Å². The summed E-state index contributed by atoms with van der Waals surface area (Å²) in [5.74, 6) is -0.778. The van der Waals surface area contributed by atoms with Gasteiger partial charge in [0.15, 0.2) is 12.0 Å². The topological polar surface area (TPSA) is 117 Å². The fraction of sp³-hybridized carbons (Fsp3) is 0.350. The number of rotatable bonds is 8. The summed E-state index contributed by atoms with van der Waals surface area (Å²) in [6, 6.07) is 8.65. The van der Waals surface area contributed by atoms with E-state index in [0.717, 1.165) is 11.6 Å². The van der Waals surface area contributed by atoms with Crippen molar-refractivity contribution in [2.75, 3.05) is 27.4 Å². The molecule has 0 radical (unpaired) electrons. The smallest absolute Gasteiger partial charge is 0.335 e. The lowest BCUT2D eigenvalue weighted by Gasteiger charge is -2.42. The molecule has 1 atom stereocenters. The highest BCUT2D eigenvalue weighted by Crippen LogP contribution is 2.44. The Morgan fingerprint density at radius 3 is 2.67 bits per heavy atom. The molecule has 30 heavy (non-hydrogen) atoms. The number of hydrogen-bond acceptors (Lipinski definition) is 7. The number of carbonyl (C=O) groups is 1. The van der Waals surface area contributed by atoms with Crippen molar-refractivity contribution >= 4 is 23.3 Å². The van der Waals surface area contributed by atoms with Gasteiger partial charge in [0.1, 0.15) is 12.4 Å². The van der Waals surface area contributed by atoms with Crippen molar-refractivity contribution in [1.82, 2.24) is 0 Å². The van der Waals surface area contributed by atoms with E-state index in [4.69, 9.17) is 35.7 Å². The van der Waals surface area contributed by atoms with E-state index in [1.165, 1.54) is 26.4 Å². The van der Waals surface area contributed by atoms with Gasteiger partial charge in [0.25, 0.3) is 0 Å². The second-order valence-corrected chi connectivity index (χ2v) is 7.17. The molecule has 160 valence electrons. The van der Waals surface area contributed by atoms with Crippen molar-refractivity contribution in [2.45, 2.75) is 18.1 Å². The zero-order chi connectivity index (χ0) is 21.9. The first-order valence-corrected chi connectivity index (χ1v) is 9.33. The van der Waals surface area contributed by atoms with Crippen LogP contribution in [0.1, 0.15) is 22.3 Å². The molecule has 0 amide bonds. The Labute approximate surface area is 177 Å². The summed E-state index contributed by atoms with van der Waals surface area (Å²) in [6.45, 7) is 0.296. The third-order valence-electron chi connectivity index (χ3n) is 5.05. The van der Waals surface area contributed by atoms with E-state index >= 15 is 0 Å². The van der Waals surface area contributed by atoms with E-state index in [1.807, 2.05) is 0 Å². The third kappa shape index (κ3) is 4.04. The van der Waals surface area contributed by atoms with E-state index in [9.17, 15) is 14.9 Å². The van der Waals surface area contributed by atoms with Gasteiger partial charge in [-0.2, -0.15) is 0 Å². The summed E-state index contributed by atoms with van der Waals surface area (Å²) in [5, 5.41) is 21.1. The van der Waals surface area contributed by atoms with Crippen molar-refractivity contribution in [3.05, 3.63) is 62.7 Å². The Balaban J connectivity index is 2.02. The average Bonchev–Trinajstić information content (AvgIpc) is 2.72. The molecular formula is C20H20ClNO8. The van der Waals surface area contributed by atoms with Gasteiger partial charge in [0.2, 0.25) is 0 Å². The number of hydrogen-bond donors (Lipinski definition) is 1. The molecule has 0 bridgehead atoms. The Morgan fingerprint density at radius 2 is 2.03 bits per heavy atom. The predicted octanol–water partition coefficient (Wildman–Crippen LogP) is 3.66. The molecule has 0 saturated heterocycles. The minimum Gasteiger partial charge on any atom is -0.493 e. The molecule has 0 spiro atoms. The molecule has 0 aromatic heterocycles. The Hall–Kier alpha value is -2.88. The van der Waals surface area contributed by atoms with E-state index in [2.05, 4.69) is 0 Å². The summed E-state index contributed by atoms with van der Waals surface area (Å²) >= 11 is 6.09. The maximum Gasteiger partial charge on any atom is 0.335 e. The molecule has 1 unspecified atom stereocenters. The molecule has 2 aromatic rings. The zero-order valence-electron chi connectivity index (χ0n) is 16.3. The van der Waals surface area contributed by atoms with Crippen LogP contribution in [-0.2, 0) is 14.9 Å². The zero-order valence-corrected chi connectivity index (χ0v) is 17.0. The standard InChI is InChI=1S/C20H20ClNO8/c1-27-19(28-2)20(7-8-29-17-10-13(21)4-5-14(17)20)11-30-16-6-3-12(18(23)24)9-15(16)22(25)26/h3-6,9-10,19H,7-8,11H2,1-2H3,(H,23,24). The van der Waals surface area contributed by atoms with Crippen LogP contribution in [0.15, 0.2) is 36.4 Å². The first kappa shape index (κ1) is 21.8. The Morgan fingerprint density at radius 1 is 1.30 bits per heavy atom. The van der Waals surface area contributed by atoms with Gasteiger partial charge in [-0.15, -0.1) is 0 Å². The van der Waals surface area contributed by atoms with Crippen LogP contribution in [0.3, 0.4) is 0 Å². The van der Waals surface area contributed by atoms with Gasteiger partial charge in [0.05, 0.1) is 22.5 Å². The lowest BCUT2D eigenvalue weighted by atomic mass is 9.75. The van der Waals surface area contributed by atoms with Crippen LogP contribution >= 0.6 is 11.6 Å². The Kier molecular flexibility index (Phi) is 6.45. The summed E-state index contributed by atoms with van der Waals surface area (Å²) in [6.07, 6.45) is -0.284. The lowest BCUT2D eigenvalue weighted by Crippen LogP contribution is -2.49. The molecular weight excluding hydrogens is 418 g/mol. The number of ether oxygens (including phenoxy) is 4. The summed E-state index contributed by atoms with van der Waals surface area (Å²) in [7, 11) is 2.98. The van der Waals surface area contributed by atoms with E-state index in [0.29, 0.717) is 23.8 Å². The number of halogens is 1. The molecule has 1 aliphatic rings. The molecule has 2 aromatic carbocycles. The number of nitrogens with zero attached hydrogens (tertiary/aromatic N) is 1. The summed E-state index contributed by atoms with van der Waals surface area (Å²) in [4.78, 5) is 21.9. The third-order valence-corrected chi connectivity index (χ3v) is 5.29. The van der Waals surface area contributed by atoms with Crippen LogP contribution in [-0.4, -0.2) is 49.7 Å². The van der Waals surface area contributed by atoms with Gasteiger partial charge >= 0.3 is 11.7 Å². The van der Waals surface area contributed by atoms with Gasteiger partial charge in [-0.05, 0) is 30.7 Å². The molecule has 0 fully saturated rings. The fourth-order valence-electron chi connectivity index (χ4n) is 3.64. The largest absolute Gasteiger partial charge is 0.493 e. The van der Waals surface area contributed by atoms with E-state index in [1.54, 1.807) is 18.2 Å². The number of aromatic carboxylic acids is 1. The lowest BCUT2D eigenvalue weighted by molar-refractivity contribution is -0.386. The number of methoxy groups -OCH3 is 2. The van der Waals surface area contributed by atoms with Crippen LogP contribution < -0.4 is 9.47 Å². The normalized spacial score (nSPS) is 17.9. The van der Waals surface area contributed by atoms with Crippen molar-refractivity contribution < 1.29 is 33.8 Å². The molecule has 0 saturated carbocycles. The number of nitro groups is 1. The molecule has 1 aliphatic heterocycles. The summed E-state index contributed by atoms with van der Waals surface area (Å²) in [5.41, 5.74) is -0.765. The monoisotopic (exact) mass is 437 g/mol. The van der Waals surface area contributed by atoms with Crippen LogP contribution in [0, 0.1) is 10.1 Å². The molecule has 1 N–H and O–H groups in total. The fourth-order valence-corrected chi connectivity index (χ4v) is 3.80. The van der Waals surface area contributed by atoms with Gasteiger partial charge < -0.3 is 24.1 Å². The van der Waals surface area contributed by atoms with E-state index in [-0.39, 0.29) is 17.9 Å². The van der Waals surface area contributed by atoms with Crippen LogP contribution in [0.5, 0.6) is 11.5 Å². The highest BCUT2D eigenvalue weighted by Gasteiger charge is 2.47. The molecule has 1 heterocycles. The molecule has 3 rings (SSSR count). The predicted molar refractivity (Wildman–Crippen MR) is 107 cm³/mol. The van der Waals surface area contributed by atoms with Gasteiger partial charge in [-0.1, -0.05) is 17.7 Å². The van der Waals surface area contributed by atoms with Crippen molar-refractivity contribution in [3.63, 3.8) is 0 Å². The van der Waals surface area contributed by atoms with Crippen LogP contribution in [0.4, 0.5) is 5.69 Å². The molecule has 0 aliphatic carbocycles. The average molecular weight is 438 g/mol. The van der Waals surface area contributed by atoms with Crippen molar-refractivity contribution in [1.29, 1.82) is 0 Å². The van der Waals surface area contributed by atoms with Crippen LogP contribution in [0.25, 0.3) is 0 Å². The second-order valence-electron chi connectivity index (χ2n) is 6.73. The number of benzene rings is 2. The van der Waals surface area contributed by atoms with Crippen molar-refractivity contribution in [3.8, 4) is 11.5 Å². The summed E-state index contributed by atoms with van der Waals surface area (Å²) < 4.78 is 22.7. The number of nitro benzene ring substituents is 1. The Bertz CT molecular complexity index is 962. The second kappa shape index (κ2) is 8.86. The van der Waals surface area contributed by atoms with Gasteiger partial charge in [-0.25, -0.2) is 4.79 Å². The first-order chi connectivity index (χ1) is 14.3. The maximum absolute atomic E-state index is 11.5. The SMILES string of the molecule is COC(OC)C1(COc2ccc(C(=O)O)cc2[N+](=O)[O-])CCOc2cc(Cl)ccc21. The highest BCUT2D eigenvalue weighted by molar-refractivity contribution is 6.30.